The van der Waals surface area contributed by atoms with E-state index < -0.39 is 18.5 Å². The Bertz CT molecular complexity index is 1170. The van der Waals surface area contributed by atoms with Gasteiger partial charge in [0.05, 0.1) is 8.95 Å². The van der Waals surface area contributed by atoms with Gasteiger partial charge in [0.1, 0.15) is 5.75 Å². The number of Topliss-reactive ketones (excluding diaryl/α,β-unsaturated/α-hetero) is 2. The second-order valence-corrected chi connectivity index (χ2v) is 13.7. The van der Waals surface area contributed by atoms with Crippen LogP contribution in [0, 0.1) is 10.8 Å². The summed E-state index contributed by atoms with van der Waals surface area (Å²) in [4.78, 5) is 41.1. The van der Waals surface area contributed by atoms with Crippen molar-refractivity contribution in [3.05, 3.63) is 49.2 Å². The van der Waals surface area contributed by atoms with E-state index in [-0.39, 0.29) is 22.4 Å². The zero-order valence-electron chi connectivity index (χ0n) is 22.6. The fourth-order valence-corrected chi connectivity index (χ4v) is 7.49. The molecule has 4 rings (SSSR count). The Labute approximate surface area is 240 Å². The SMILES string of the molecule is COCCCN1C2=C(C(=O)CC(C)(C)C2)C(c2cc(Br)c(OCC(=O)O)c(Br)c2)C2=C1CC(C)(C)CC2=O. The second kappa shape index (κ2) is 10.9. The summed E-state index contributed by atoms with van der Waals surface area (Å²) < 4.78 is 11.9. The lowest BCUT2D eigenvalue weighted by molar-refractivity contribution is -0.139. The fraction of sp³-hybridized carbons (Fsp3) is 0.552. The van der Waals surface area contributed by atoms with Gasteiger partial charge in [-0.25, -0.2) is 4.79 Å². The molecule has 0 spiro atoms. The molecule has 2 aliphatic carbocycles. The minimum Gasteiger partial charge on any atom is -0.480 e. The minimum atomic E-state index is -1.08. The van der Waals surface area contributed by atoms with Crippen LogP contribution in [-0.2, 0) is 19.1 Å². The molecule has 0 unspecified atom stereocenters. The van der Waals surface area contributed by atoms with E-state index in [0.717, 1.165) is 36.2 Å². The van der Waals surface area contributed by atoms with Crippen molar-refractivity contribution in [2.45, 2.75) is 65.7 Å². The summed E-state index contributed by atoms with van der Waals surface area (Å²) in [5.41, 5.74) is 3.83. The van der Waals surface area contributed by atoms with Crippen molar-refractivity contribution in [3.63, 3.8) is 0 Å². The number of hydrogen-bond acceptors (Lipinski definition) is 6. The molecule has 0 aromatic heterocycles. The zero-order chi connectivity index (χ0) is 28.0. The summed E-state index contributed by atoms with van der Waals surface area (Å²) in [6, 6.07) is 3.70. The molecule has 3 aliphatic rings. The first-order valence-corrected chi connectivity index (χ1v) is 14.5. The topological polar surface area (TPSA) is 93.1 Å². The number of aliphatic carboxylic acids is 1. The Kier molecular flexibility index (Phi) is 8.32. The number of carbonyl (C=O) groups is 3. The quantitative estimate of drug-likeness (QED) is 0.325. The summed E-state index contributed by atoms with van der Waals surface area (Å²) in [5.74, 6) is -1.07. The standard InChI is InChI=1S/C29H35Br2NO6/c1-28(2)11-19-25(21(33)13-28)24(16-9-17(30)27(18(31)10-16)38-15-23(35)36)26-20(32(19)7-6-8-37-5)12-29(3,4)14-22(26)34/h9-10,24H,6-8,11-15H2,1-5H3,(H,35,36). The molecule has 0 atom stereocenters. The molecule has 38 heavy (non-hydrogen) atoms. The normalized spacial score (nSPS) is 21.0. The van der Waals surface area contributed by atoms with Crippen LogP contribution in [0.25, 0.3) is 0 Å². The maximum Gasteiger partial charge on any atom is 0.341 e. The van der Waals surface area contributed by atoms with E-state index in [0.29, 0.717) is 51.8 Å². The predicted molar refractivity (Wildman–Crippen MR) is 151 cm³/mol. The molecule has 0 saturated heterocycles. The number of benzene rings is 1. The number of hydrogen-bond donors (Lipinski definition) is 1. The summed E-state index contributed by atoms with van der Waals surface area (Å²) in [6.45, 7) is 9.29. The van der Waals surface area contributed by atoms with Crippen LogP contribution in [0.15, 0.2) is 43.6 Å². The lowest BCUT2D eigenvalue weighted by atomic mass is 9.63. The highest BCUT2D eigenvalue weighted by Gasteiger charge is 2.49. The molecule has 1 aromatic rings. The highest BCUT2D eigenvalue weighted by Crippen LogP contribution is 2.55. The first-order valence-electron chi connectivity index (χ1n) is 12.9. The number of carboxylic acids is 1. The number of nitrogens with zero attached hydrogens (tertiary/aromatic N) is 1. The third-order valence-electron chi connectivity index (χ3n) is 7.45. The summed E-state index contributed by atoms with van der Waals surface area (Å²) >= 11 is 7.07. The molecule has 7 nitrogen and oxygen atoms in total. The largest absolute Gasteiger partial charge is 0.480 e. The molecular formula is C29H35Br2NO6. The molecule has 9 heteroatoms. The molecule has 206 valence electrons. The molecule has 1 N–H and O–H groups in total. The molecular weight excluding hydrogens is 618 g/mol. The van der Waals surface area contributed by atoms with Gasteiger partial charge in [-0.2, -0.15) is 0 Å². The van der Waals surface area contributed by atoms with Crippen molar-refractivity contribution in [2.24, 2.45) is 10.8 Å². The highest BCUT2D eigenvalue weighted by atomic mass is 79.9. The molecule has 0 amide bonds. The number of ketones is 2. The van der Waals surface area contributed by atoms with Gasteiger partial charge in [0.25, 0.3) is 0 Å². The van der Waals surface area contributed by atoms with E-state index in [1.165, 1.54) is 0 Å². The Balaban J connectivity index is 1.93. The Morgan fingerprint density at radius 1 is 0.974 bits per heavy atom. The second-order valence-electron chi connectivity index (χ2n) is 12.0. The van der Waals surface area contributed by atoms with Gasteiger partial charge in [-0.1, -0.05) is 27.7 Å². The lowest BCUT2D eigenvalue weighted by Gasteiger charge is -2.49. The maximum absolute atomic E-state index is 13.9. The number of ether oxygens (including phenoxy) is 2. The van der Waals surface area contributed by atoms with Crippen LogP contribution in [-0.4, -0.2) is 54.4 Å². The maximum atomic E-state index is 13.9. The number of methoxy groups -OCH3 is 1. The average molecular weight is 653 g/mol. The van der Waals surface area contributed by atoms with Crippen molar-refractivity contribution in [3.8, 4) is 5.75 Å². The molecule has 0 bridgehead atoms. The number of rotatable bonds is 8. The first-order chi connectivity index (χ1) is 17.7. The van der Waals surface area contributed by atoms with Gasteiger partial charge in [0.2, 0.25) is 0 Å². The van der Waals surface area contributed by atoms with E-state index in [4.69, 9.17) is 14.6 Å². The lowest BCUT2D eigenvalue weighted by Crippen LogP contribution is -2.44. The van der Waals surface area contributed by atoms with Crippen LogP contribution < -0.4 is 4.74 Å². The van der Waals surface area contributed by atoms with Gasteiger partial charge >= 0.3 is 5.97 Å². The van der Waals surface area contributed by atoms with Gasteiger partial charge in [-0.05, 0) is 79.6 Å². The number of allylic oxidation sites excluding steroid dienone is 4. The number of carboxylic acid groups (broad SMARTS) is 1. The molecule has 0 saturated carbocycles. The molecule has 1 aliphatic heterocycles. The van der Waals surface area contributed by atoms with E-state index in [2.05, 4.69) is 64.5 Å². The average Bonchev–Trinajstić information content (AvgIpc) is 2.77. The summed E-state index contributed by atoms with van der Waals surface area (Å²) in [6.07, 6.45) is 3.10. The minimum absolute atomic E-state index is 0.0700. The molecule has 1 aromatic carbocycles. The van der Waals surface area contributed by atoms with Crippen LogP contribution in [0.2, 0.25) is 0 Å². The van der Waals surface area contributed by atoms with Crippen molar-refractivity contribution in [2.75, 3.05) is 26.9 Å². The van der Waals surface area contributed by atoms with Crippen LogP contribution >= 0.6 is 31.9 Å². The Hall–Kier alpha value is -1.97. The van der Waals surface area contributed by atoms with Crippen molar-refractivity contribution >= 4 is 49.4 Å². The van der Waals surface area contributed by atoms with Crippen LogP contribution in [0.4, 0.5) is 0 Å². The van der Waals surface area contributed by atoms with E-state index in [1.807, 2.05) is 12.1 Å². The van der Waals surface area contributed by atoms with Gasteiger partial charge in [-0.3, -0.25) is 9.59 Å². The van der Waals surface area contributed by atoms with Crippen molar-refractivity contribution in [1.82, 2.24) is 4.90 Å². The number of halogens is 2. The van der Waals surface area contributed by atoms with Crippen LogP contribution in [0.1, 0.15) is 71.3 Å². The van der Waals surface area contributed by atoms with E-state index in [1.54, 1.807) is 7.11 Å². The smallest absolute Gasteiger partial charge is 0.341 e. The fourth-order valence-electron chi connectivity index (χ4n) is 6.04. The predicted octanol–water partition coefficient (Wildman–Crippen LogP) is 6.40. The zero-order valence-corrected chi connectivity index (χ0v) is 25.8. The highest BCUT2D eigenvalue weighted by molar-refractivity contribution is 9.11. The third-order valence-corrected chi connectivity index (χ3v) is 8.62. The first kappa shape index (κ1) is 29.0. The van der Waals surface area contributed by atoms with Gasteiger partial charge in [0, 0.05) is 61.6 Å². The molecule has 0 fully saturated rings. The number of carbonyl (C=O) groups excluding carboxylic acids is 2. The van der Waals surface area contributed by atoms with Crippen molar-refractivity contribution < 1.29 is 29.0 Å². The van der Waals surface area contributed by atoms with E-state index >= 15 is 0 Å². The third kappa shape index (κ3) is 5.80. The van der Waals surface area contributed by atoms with Crippen molar-refractivity contribution in [1.29, 1.82) is 0 Å². The van der Waals surface area contributed by atoms with Gasteiger partial charge < -0.3 is 19.5 Å². The van der Waals surface area contributed by atoms with Crippen LogP contribution in [0.3, 0.4) is 0 Å². The summed E-state index contributed by atoms with van der Waals surface area (Å²) in [5, 5.41) is 9.06. The van der Waals surface area contributed by atoms with Gasteiger partial charge in [-0.15, -0.1) is 0 Å². The summed E-state index contributed by atoms with van der Waals surface area (Å²) in [7, 11) is 1.68. The molecule has 1 heterocycles. The molecule has 0 radical (unpaired) electrons. The van der Waals surface area contributed by atoms with Crippen LogP contribution in [0.5, 0.6) is 5.75 Å². The van der Waals surface area contributed by atoms with E-state index in [9.17, 15) is 14.4 Å². The monoisotopic (exact) mass is 651 g/mol. The Morgan fingerprint density at radius 2 is 1.47 bits per heavy atom. The Morgan fingerprint density at radius 3 is 1.92 bits per heavy atom. The van der Waals surface area contributed by atoms with Gasteiger partial charge in [0.15, 0.2) is 18.2 Å².